The zero-order chi connectivity index (χ0) is 59.3. The highest BCUT2D eigenvalue weighted by atomic mass is 16.5. The van der Waals surface area contributed by atoms with E-state index in [1.54, 1.807) is 30.9 Å². The van der Waals surface area contributed by atoms with Crippen LogP contribution in [0.15, 0.2) is 54.6 Å². The minimum absolute atomic E-state index is 0.0269. The number of nitrogens with one attached hydrogen (secondary N) is 3. The highest BCUT2D eigenvalue weighted by Gasteiger charge is 2.44. The highest BCUT2D eigenvalue weighted by molar-refractivity contribution is 5.92. The Balaban J connectivity index is 1.71. The van der Waals surface area contributed by atoms with E-state index in [-0.39, 0.29) is 91.1 Å². The van der Waals surface area contributed by atoms with Crippen molar-refractivity contribution in [3.63, 3.8) is 0 Å². The van der Waals surface area contributed by atoms with Crippen LogP contribution in [0, 0.1) is 41.4 Å². The van der Waals surface area contributed by atoms with Crippen molar-refractivity contribution in [3.8, 4) is 0 Å². The summed E-state index contributed by atoms with van der Waals surface area (Å²) in [6.07, 6.45) is 2.18. The number of rotatable bonds is 35. The second-order valence-electron chi connectivity index (χ2n) is 23.1. The summed E-state index contributed by atoms with van der Waals surface area (Å²) >= 11 is 0. The molecule has 1 aliphatic rings. The van der Waals surface area contributed by atoms with Gasteiger partial charge in [-0.05, 0) is 79.5 Å². The van der Waals surface area contributed by atoms with Gasteiger partial charge in [-0.1, -0.05) is 130 Å². The molecule has 3 rings (SSSR count). The number of hydrogen-bond donors (Lipinski definition) is 5. The fourth-order valence-electron chi connectivity index (χ4n) is 11.0. The molecule has 18 heteroatoms. The van der Waals surface area contributed by atoms with Gasteiger partial charge in [0.05, 0.1) is 48.7 Å². The number of Topliss-reactive ketones (excluding diaryl/α,β-unsaturated/α-hetero) is 2. The Labute approximate surface area is 471 Å². The van der Waals surface area contributed by atoms with Gasteiger partial charge in [-0.15, -0.1) is 0 Å². The molecule has 0 spiro atoms. The fourth-order valence-corrected chi connectivity index (χ4v) is 11.0. The number of methoxy groups -OCH3 is 2. The number of ether oxygens (including phenoxy) is 2. The molecule has 0 bridgehead atoms. The second-order valence-corrected chi connectivity index (χ2v) is 23.1. The number of nitrogens with zero attached hydrogens (tertiary/aromatic N) is 3. The summed E-state index contributed by atoms with van der Waals surface area (Å²) in [4.78, 5) is 113. The third-order valence-corrected chi connectivity index (χ3v) is 16.4. The largest absolute Gasteiger partial charge is 0.480 e. The van der Waals surface area contributed by atoms with Crippen molar-refractivity contribution < 1.29 is 52.9 Å². The minimum Gasteiger partial charge on any atom is -0.480 e. The molecule has 1 saturated heterocycles. The highest BCUT2D eigenvalue weighted by Crippen LogP contribution is 2.31. The lowest BCUT2D eigenvalue weighted by atomic mass is 9.83. The van der Waals surface area contributed by atoms with Crippen LogP contribution in [0.2, 0.25) is 0 Å². The topological polar surface area (TPSA) is 247 Å². The summed E-state index contributed by atoms with van der Waals surface area (Å²) in [5, 5.41) is 18.2. The van der Waals surface area contributed by atoms with Crippen molar-refractivity contribution >= 4 is 47.2 Å². The average Bonchev–Trinajstić information content (AvgIpc) is 3.91. The van der Waals surface area contributed by atoms with Gasteiger partial charge in [0.2, 0.25) is 23.6 Å². The van der Waals surface area contributed by atoms with Crippen LogP contribution < -0.4 is 21.7 Å². The number of hydrogen-bond acceptors (Lipinski definition) is 11. The first-order chi connectivity index (χ1) is 37.3. The number of carboxylic acids is 1. The van der Waals surface area contributed by atoms with Crippen molar-refractivity contribution in [1.29, 1.82) is 0 Å². The zero-order valence-corrected chi connectivity index (χ0v) is 49.9. The van der Waals surface area contributed by atoms with Crippen LogP contribution in [-0.2, 0) is 62.3 Å². The van der Waals surface area contributed by atoms with E-state index < -0.39 is 72.2 Å². The molecule has 0 unspecified atom stereocenters. The quantitative estimate of drug-likeness (QED) is 0.0465. The molecule has 6 amide bonds. The lowest BCUT2D eigenvalue weighted by molar-refractivity contribution is -0.149. The standard InChI is InChI=1S/C61H97N7O11/c1-15-40(8)55(52(78-13)36-53(71)68-31-20-24-49(68)56(79-14)42(10)58(73)65-48(60(75)76)33-44-21-17-16-18-22-44)67(12)59(74)46(38(4)5)35-51(70)54(39(6)7)66(11)32-29-43-25-27-45(28-26-43)34-50(69)47(23-19-30-63-61(62)77)64-57(72)41(9)37(2)3/h16-18,21-22,25-28,37-42,46-49,52,54-56H,15,19-20,23-24,29-36H2,1-14H3,(H,64,72)(H,65,73)(H,75,76)(H3,62,63,77)/t40-,41-,42+,46-,47-,48-,49-,52+,54-,55-,56+/m0/s1. The van der Waals surface area contributed by atoms with Gasteiger partial charge in [0.1, 0.15) is 6.04 Å². The van der Waals surface area contributed by atoms with Crippen LogP contribution in [0.25, 0.3) is 0 Å². The maximum Gasteiger partial charge on any atom is 0.326 e. The van der Waals surface area contributed by atoms with E-state index in [4.69, 9.17) is 15.2 Å². The van der Waals surface area contributed by atoms with Crippen molar-refractivity contribution in [3.05, 3.63) is 71.3 Å². The van der Waals surface area contributed by atoms with E-state index in [1.807, 2.05) is 124 Å². The predicted octanol–water partition coefficient (Wildman–Crippen LogP) is 6.49. The first-order valence-electron chi connectivity index (χ1n) is 28.6. The minimum atomic E-state index is -1.16. The Morgan fingerprint density at radius 1 is 0.747 bits per heavy atom. The van der Waals surface area contributed by atoms with E-state index in [1.165, 1.54) is 7.11 Å². The molecule has 18 nitrogen and oxygen atoms in total. The molecule has 79 heavy (non-hydrogen) atoms. The van der Waals surface area contributed by atoms with Crippen LogP contribution in [0.3, 0.4) is 0 Å². The van der Waals surface area contributed by atoms with Crippen LogP contribution in [0.1, 0.15) is 131 Å². The molecule has 2 aromatic carbocycles. The van der Waals surface area contributed by atoms with Gasteiger partial charge in [0.25, 0.3) is 0 Å². The molecule has 1 heterocycles. The number of likely N-dealkylation sites (N-methyl/N-ethyl adjacent to an activating group) is 2. The van der Waals surface area contributed by atoms with Gasteiger partial charge >= 0.3 is 12.0 Å². The van der Waals surface area contributed by atoms with Gasteiger partial charge in [0, 0.05) is 72.0 Å². The fraction of sp³-hybridized carbons (Fsp3) is 0.672. The van der Waals surface area contributed by atoms with E-state index in [0.29, 0.717) is 51.6 Å². The summed E-state index contributed by atoms with van der Waals surface area (Å²) in [5.74, 6) is -4.35. The van der Waals surface area contributed by atoms with E-state index >= 15 is 0 Å². The van der Waals surface area contributed by atoms with Gasteiger partial charge in [-0.2, -0.15) is 0 Å². The Morgan fingerprint density at radius 2 is 1.35 bits per heavy atom. The Bertz CT molecular complexity index is 2280. The first-order valence-corrected chi connectivity index (χ1v) is 28.6. The van der Waals surface area contributed by atoms with Crippen LogP contribution in [0.4, 0.5) is 4.79 Å². The number of likely N-dealkylation sites (tertiary alicyclic amines) is 1. The SMILES string of the molecule is CC[C@H](C)[C@@H]([C@@H](CC(=O)N1CCC[C@H]1[C@H](OC)[C@@H](C)C(=O)N[C@@H](Cc1ccccc1)C(=O)O)OC)N(C)C(=O)[C@@H](CC(=O)[C@H](C(C)C)N(C)CCc1ccc(CC(=O)[C@H](CCCNC(N)=O)NC(=O)[C@@H](C)C(C)C)cc1)C(C)C. The molecule has 0 aromatic heterocycles. The summed E-state index contributed by atoms with van der Waals surface area (Å²) < 4.78 is 12.0. The van der Waals surface area contributed by atoms with E-state index in [2.05, 4.69) is 20.9 Å². The van der Waals surface area contributed by atoms with Gasteiger partial charge in [-0.3, -0.25) is 33.7 Å². The molecule has 0 aliphatic carbocycles. The molecular weight excluding hydrogens is 1010 g/mol. The van der Waals surface area contributed by atoms with Gasteiger partial charge < -0.3 is 46.1 Å². The second kappa shape index (κ2) is 33.1. The lowest BCUT2D eigenvalue weighted by Gasteiger charge is -2.41. The number of carboxylic acid groups (broad SMARTS) is 1. The molecule has 2 aromatic rings. The third kappa shape index (κ3) is 20.4. The van der Waals surface area contributed by atoms with Crippen LogP contribution in [0.5, 0.6) is 0 Å². The van der Waals surface area contributed by atoms with Crippen molar-refractivity contribution in [2.45, 2.75) is 176 Å². The summed E-state index contributed by atoms with van der Waals surface area (Å²) in [6.45, 7) is 20.7. The normalized spacial score (nSPS) is 17.5. The average molecular weight is 1100 g/mol. The Kier molecular flexibility index (Phi) is 28.3. The van der Waals surface area contributed by atoms with Gasteiger partial charge in [-0.25, -0.2) is 9.59 Å². The number of amides is 6. The molecule has 0 radical (unpaired) electrons. The van der Waals surface area contributed by atoms with Crippen LogP contribution >= 0.6 is 0 Å². The van der Waals surface area contributed by atoms with E-state index in [9.17, 15) is 43.5 Å². The maximum absolute atomic E-state index is 14.8. The number of nitrogens with two attached hydrogens (primary N) is 1. The monoisotopic (exact) mass is 1100 g/mol. The summed E-state index contributed by atoms with van der Waals surface area (Å²) in [7, 11) is 6.70. The number of ketones is 2. The van der Waals surface area contributed by atoms with Gasteiger partial charge in [0.15, 0.2) is 11.6 Å². The van der Waals surface area contributed by atoms with Crippen LogP contribution in [-0.4, -0.2) is 157 Å². The molecule has 0 saturated carbocycles. The summed E-state index contributed by atoms with van der Waals surface area (Å²) in [5.41, 5.74) is 7.80. The molecule has 1 aliphatic heterocycles. The number of urea groups is 1. The number of carbonyl (C=O) groups excluding carboxylic acids is 7. The zero-order valence-electron chi connectivity index (χ0n) is 49.9. The Hall–Kier alpha value is -5.72. The number of benzene rings is 2. The molecular formula is C61H97N7O11. The first kappa shape index (κ1) is 67.6. The third-order valence-electron chi connectivity index (χ3n) is 16.4. The molecule has 11 atom stereocenters. The number of aliphatic carboxylic acids is 1. The number of carbonyl (C=O) groups is 8. The van der Waals surface area contributed by atoms with Crippen molar-refractivity contribution in [1.82, 2.24) is 30.7 Å². The van der Waals surface area contributed by atoms with E-state index in [0.717, 1.165) is 16.7 Å². The summed E-state index contributed by atoms with van der Waals surface area (Å²) in [6, 6.07) is 12.9. The van der Waals surface area contributed by atoms with Crippen molar-refractivity contribution in [2.24, 2.45) is 47.2 Å². The molecule has 6 N–H and O–H groups in total. The maximum atomic E-state index is 14.8. The predicted molar refractivity (Wildman–Crippen MR) is 307 cm³/mol. The number of primary amides is 1. The molecule has 1 fully saturated rings. The smallest absolute Gasteiger partial charge is 0.326 e. The van der Waals surface area contributed by atoms with Crippen molar-refractivity contribution in [2.75, 3.05) is 47.9 Å². The molecule has 442 valence electrons. The lowest BCUT2D eigenvalue weighted by Crippen LogP contribution is -2.55. The Morgan fingerprint density at radius 3 is 1.90 bits per heavy atom.